The maximum Gasteiger partial charge on any atom is 0.340 e. The average Bonchev–Trinajstić information content (AvgIpc) is 2.47. The molecular weight excluding hydrogens is 256 g/mol. The second-order valence-corrected chi connectivity index (χ2v) is 4.71. The molecule has 0 aliphatic rings. The van der Waals surface area contributed by atoms with Gasteiger partial charge in [0.1, 0.15) is 0 Å². The highest BCUT2D eigenvalue weighted by molar-refractivity contribution is 5.97. The van der Waals surface area contributed by atoms with Crippen LogP contribution < -0.4 is 10.6 Å². The van der Waals surface area contributed by atoms with Gasteiger partial charge in [-0.2, -0.15) is 0 Å². The molecule has 0 aromatic heterocycles. The number of carbonyl (C=O) groups is 1. The Morgan fingerprint density at radius 3 is 2.65 bits per heavy atom. The summed E-state index contributed by atoms with van der Waals surface area (Å²) in [5, 5.41) is 0. The first kappa shape index (κ1) is 16.3. The lowest BCUT2D eigenvalue weighted by atomic mass is 10.1. The summed E-state index contributed by atoms with van der Waals surface area (Å²) in [6, 6.07) is 5.61. The molecule has 0 aliphatic heterocycles. The Hall–Kier alpha value is -1.75. The van der Waals surface area contributed by atoms with E-state index < -0.39 is 0 Å². The lowest BCUT2D eigenvalue weighted by Crippen LogP contribution is -2.36. The van der Waals surface area contributed by atoms with E-state index in [0.717, 1.165) is 12.1 Å². The van der Waals surface area contributed by atoms with Gasteiger partial charge in [0.25, 0.3) is 0 Å². The van der Waals surface area contributed by atoms with E-state index in [2.05, 4.69) is 18.7 Å². The monoisotopic (exact) mass is 280 g/mol. The van der Waals surface area contributed by atoms with Gasteiger partial charge in [-0.25, -0.2) is 4.79 Å². The molecule has 0 radical (unpaired) electrons. The number of esters is 1. The quantitative estimate of drug-likeness (QED) is 0.613. The summed E-state index contributed by atoms with van der Waals surface area (Å²) in [6.45, 7) is 5.53. The first-order valence-corrected chi connectivity index (χ1v) is 6.78. The van der Waals surface area contributed by atoms with Crippen LogP contribution in [0, 0.1) is 0 Å². The van der Waals surface area contributed by atoms with Crippen molar-refractivity contribution < 1.29 is 14.3 Å². The van der Waals surface area contributed by atoms with Crippen molar-refractivity contribution in [2.75, 3.05) is 38.0 Å². The van der Waals surface area contributed by atoms with Crippen molar-refractivity contribution >= 4 is 17.3 Å². The van der Waals surface area contributed by atoms with Crippen LogP contribution in [0.4, 0.5) is 11.4 Å². The number of hydrogen-bond acceptors (Lipinski definition) is 5. The molecule has 0 heterocycles. The number of methoxy groups -OCH3 is 2. The summed E-state index contributed by atoms with van der Waals surface area (Å²) in [5.41, 5.74) is 7.64. The van der Waals surface area contributed by atoms with E-state index in [1.54, 1.807) is 19.2 Å². The molecule has 1 aromatic rings. The van der Waals surface area contributed by atoms with Crippen LogP contribution >= 0.6 is 0 Å². The van der Waals surface area contributed by atoms with E-state index in [9.17, 15) is 4.79 Å². The smallest absolute Gasteiger partial charge is 0.340 e. The number of hydrogen-bond donors (Lipinski definition) is 1. The van der Waals surface area contributed by atoms with E-state index in [4.69, 9.17) is 15.2 Å². The highest BCUT2D eigenvalue weighted by atomic mass is 16.5. The van der Waals surface area contributed by atoms with Crippen LogP contribution in [-0.2, 0) is 9.47 Å². The minimum atomic E-state index is -0.377. The number of ether oxygens (including phenoxy) is 2. The molecule has 0 aliphatic carbocycles. The van der Waals surface area contributed by atoms with Crippen LogP contribution in [0.15, 0.2) is 18.2 Å². The van der Waals surface area contributed by atoms with Crippen LogP contribution in [-0.4, -0.2) is 39.4 Å². The Labute approximate surface area is 120 Å². The molecule has 0 bridgehead atoms. The van der Waals surface area contributed by atoms with Crippen LogP contribution in [0.1, 0.15) is 30.6 Å². The lowest BCUT2D eigenvalue weighted by Gasteiger charge is -2.32. The topological polar surface area (TPSA) is 64.8 Å². The van der Waals surface area contributed by atoms with Gasteiger partial charge in [0.05, 0.1) is 25.0 Å². The van der Waals surface area contributed by atoms with Gasteiger partial charge in [-0.05, 0) is 31.5 Å². The minimum Gasteiger partial charge on any atom is -0.465 e. The second kappa shape index (κ2) is 7.75. The zero-order chi connectivity index (χ0) is 15.1. The van der Waals surface area contributed by atoms with Gasteiger partial charge in [0, 0.05) is 25.4 Å². The fraction of sp³-hybridized carbons (Fsp3) is 0.533. The Bertz CT molecular complexity index is 449. The Morgan fingerprint density at radius 2 is 2.10 bits per heavy atom. The SMILES string of the molecule is CCC(C)N(CCOC)c1ccc(N)cc1C(=O)OC. The number of nitrogen functional groups attached to an aromatic ring is 1. The highest BCUT2D eigenvalue weighted by Gasteiger charge is 2.20. The van der Waals surface area contributed by atoms with E-state index in [0.29, 0.717) is 24.4 Å². The van der Waals surface area contributed by atoms with Crippen molar-refractivity contribution in [2.24, 2.45) is 0 Å². The minimum absolute atomic E-state index is 0.289. The zero-order valence-corrected chi connectivity index (χ0v) is 12.7. The molecule has 1 rings (SSSR count). The van der Waals surface area contributed by atoms with E-state index in [1.165, 1.54) is 7.11 Å². The predicted molar refractivity (Wildman–Crippen MR) is 81.2 cm³/mol. The molecular formula is C15H24N2O3. The van der Waals surface area contributed by atoms with Gasteiger partial charge < -0.3 is 20.1 Å². The van der Waals surface area contributed by atoms with Gasteiger partial charge in [-0.15, -0.1) is 0 Å². The number of rotatable bonds is 7. The van der Waals surface area contributed by atoms with Gasteiger partial charge in [0.2, 0.25) is 0 Å². The van der Waals surface area contributed by atoms with Crippen molar-refractivity contribution in [2.45, 2.75) is 26.3 Å². The summed E-state index contributed by atoms with van der Waals surface area (Å²) in [7, 11) is 3.04. The number of benzene rings is 1. The number of anilines is 2. The molecule has 5 nitrogen and oxygen atoms in total. The van der Waals surface area contributed by atoms with E-state index in [-0.39, 0.29) is 12.0 Å². The molecule has 5 heteroatoms. The molecule has 1 unspecified atom stereocenters. The normalized spacial score (nSPS) is 12.0. The van der Waals surface area contributed by atoms with Crippen LogP contribution in [0.5, 0.6) is 0 Å². The molecule has 1 aromatic carbocycles. The van der Waals surface area contributed by atoms with E-state index in [1.807, 2.05) is 6.07 Å². The Morgan fingerprint density at radius 1 is 1.40 bits per heavy atom. The fourth-order valence-electron chi connectivity index (χ4n) is 2.07. The summed E-state index contributed by atoms with van der Waals surface area (Å²) < 4.78 is 10.0. The van der Waals surface area contributed by atoms with Crippen LogP contribution in [0.25, 0.3) is 0 Å². The molecule has 112 valence electrons. The van der Waals surface area contributed by atoms with Crippen molar-refractivity contribution in [1.29, 1.82) is 0 Å². The maximum atomic E-state index is 11.9. The van der Waals surface area contributed by atoms with Crippen molar-refractivity contribution in [1.82, 2.24) is 0 Å². The number of carbonyl (C=O) groups excluding carboxylic acids is 1. The molecule has 0 fully saturated rings. The fourth-order valence-corrected chi connectivity index (χ4v) is 2.07. The third-order valence-electron chi connectivity index (χ3n) is 3.39. The van der Waals surface area contributed by atoms with Crippen LogP contribution in [0.2, 0.25) is 0 Å². The first-order chi connectivity index (χ1) is 9.54. The molecule has 0 saturated heterocycles. The molecule has 20 heavy (non-hydrogen) atoms. The van der Waals surface area contributed by atoms with Crippen molar-refractivity contribution in [3.05, 3.63) is 23.8 Å². The molecule has 0 amide bonds. The van der Waals surface area contributed by atoms with Crippen molar-refractivity contribution in [3.63, 3.8) is 0 Å². The number of nitrogens with zero attached hydrogens (tertiary/aromatic N) is 1. The molecule has 0 saturated carbocycles. The first-order valence-electron chi connectivity index (χ1n) is 6.78. The van der Waals surface area contributed by atoms with Gasteiger partial charge in [0.15, 0.2) is 0 Å². The average molecular weight is 280 g/mol. The molecule has 0 spiro atoms. The van der Waals surface area contributed by atoms with Crippen molar-refractivity contribution in [3.8, 4) is 0 Å². The molecule has 1 atom stereocenters. The summed E-state index contributed by atoms with van der Waals surface area (Å²) >= 11 is 0. The largest absolute Gasteiger partial charge is 0.465 e. The summed E-state index contributed by atoms with van der Waals surface area (Å²) in [5.74, 6) is -0.377. The third kappa shape index (κ3) is 3.87. The predicted octanol–water partition coefficient (Wildman–Crippen LogP) is 2.31. The van der Waals surface area contributed by atoms with Gasteiger partial charge in [-0.3, -0.25) is 0 Å². The van der Waals surface area contributed by atoms with Gasteiger partial charge >= 0.3 is 5.97 Å². The second-order valence-electron chi connectivity index (χ2n) is 4.71. The summed E-state index contributed by atoms with van der Waals surface area (Å²) in [4.78, 5) is 14.1. The Kier molecular flexibility index (Phi) is 6.31. The number of nitrogens with two attached hydrogens (primary N) is 1. The third-order valence-corrected chi connectivity index (χ3v) is 3.39. The maximum absolute atomic E-state index is 11.9. The summed E-state index contributed by atoms with van der Waals surface area (Å²) in [6.07, 6.45) is 0.967. The van der Waals surface area contributed by atoms with E-state index >= 15 is 0 Å². The molecule has 2 N–H and O–H groups in total. The Balaban J connectivity index is 3.20. The van der Waals surface area contributed by atoms with Gasteiger partial charge in [-0.1, -0.05) is 6.92 Å². The lowest BCUT2D eigenvalue weighted by molar-refractivity contribution is 0.0601. The zero-order valence-electron chi connectivity index (χ0n) is 12.7. The highest BCUT2D eigenvalue weighted by Crippen LogP contribution is 2.26. The standard InChI is InChI=1S/C15H24N2O3/c1-5-11(2)17(8-9-19-3)14-7-6-12(16)10-13(14)15(18)20-4/h6-7,10-11H,5,8-9,16H2,1-4H3. The van der Waals surface area contributed by atoms with Crippen LogP contribution in [0.3, 0.4) is 0 Å².